The highest BCUT2D eigenvalue weighted by Crippen LogP contribution is 2.42. The topological polar surface area (TPSA) is 15.6 Å². The van der Waals surface area contributed by atoms with Crippen LogP contribution in [0.25, 0.3) is 0 Å². The minimum absolute atomic E-state index is 0.130. The summed E-state index contributed by atoms with van der Waals surface area (Å²) >= 11 is 0. The summed E-state index contributed by atoms with van der Waals surface area (Å²) in [5, 5.41) is 0. The second-order valence-electron chi connectivity index (χ2n) is 5.77. The van der Waals surface area contributed by atoms with Gasteiger partial charge in [0.25, 0.3) is 0 Å². The van der Waals surface area contributed by atoms with Crippen LogP contribution >= 0.6 is 0 Å². The molecule has 0 fully saturated rings. The summed E-state index contributed by atoms with van der Waals surface area (Å²) in [6, 6.07) is 0. The van der Waals surface area contributed by atoms with E-state index in [2.05, 4.69) is 76.4 Å². The first-order valence-corrected chi connectivity index (χ1v) is 8.18. The van der Waals surface area contributed by atoms with Gasteiger partial charge in [-0.05, 0) is 40.0 Å². The Balaban J connectivity index is 5.32. The molecule has 120 valence electrons. The summed E-state index contributed by atoms with van der Waals surface area (Å²) in [4.78, 5) is 6.45. The van der Waals surface area contributed by atoms with Gasteiger partial charge < -0.3 is 4.90 Å². The van der Waals surface area contributed by atoms with Crippen molar-refractivity contribution in [3.63, 3.8) is 0 Å². The van der Waals surface area contributed by atoms with Gasteiger partial charge in [-0.25, -0.2) is 0 Å². The molecule has 0 amide bonds. The molecule has 2 heteroatoms. The molecule has 0 saturated heterocycles. The molecule has 1 atom stereocenters. The van der Waals surface area contributed by atoms with Crippen molar-refractivity contribution >= 4 is 6.34 Å². The van der Waals surface area contributed by atoms with Crippen molar-refractivity contribution in [2.75, 3.05) is 13.6 Å². The van der Waals surface area contributed by atoms with E-state index >= 15 is 0 Å². The average molecular weight is 290 g/mol. The maximum atomic E-state index is 4.39. The number of allylic oxidation sites excluding steroid dienone is 5. The van der Waals surface area contributed by atoms with Gasteiger partial charge in [0, 0.05) is 24.7 Å². The molecule has 0 aromatic heterocycles. The van der Waals surface area contributed by atoms with E-state index in [0.717, 1.165) is 25.8 Å². The fourth-order valence-corrected chi connectivity index (χ4v) is 2.82. The lowest BCUT2D eigenvalue weighted by atomic mass is 9.73. The van der Waals surface area contributed by atoms with Crippen LogP contribution < -0.4 is 0 Å². The predicted molar refractivity (Wildman–Crippen MR) is 96.8 cm³/mol. The van der Waals surface area contributed by atoms with Crippen molar-refractivity contribution in [3.8, 4) is 0 Å². The Bertz CT molecular complexity index is 390. The second-order valence-corrected chi connectivity index (χ2v) is 5.77. The second kappa shape index (κ2) is 10.4. The zero-order chi connectivity index (χ0) is 16.3. The van der Waals surface area contributed by atoms with E-state index in [1.54, 1.807) is 0 Å². The third-order valence-corrected chi connectivity index (χ3v) is 4.07. The van der Waals surface area contributed by atoms with Crippen molar-refractivity contribution in [2.45, 2.75) is 60.3 Å². The number of hydrogen-bond acceptors (Lipinski definition) is 1. The van der Waals surface area contributed by atoms with E-state index in [1.165, 1.54) is 17.7 Å². The summed E-state index contributed by atoms with van der Waals surface area (Å²) in [7, 11) is 2.06. The maximum Gasteiger partial charge on any atom is 0.0889 e. The van der Waals surface area contributed by atoms with Gasteiger partial charge in [-0.15, -0.1) is 0 Å². The van der Waals surface area contributed by atoms with Crippen LogP contribution in [0, 0.1) is 5.41 Å². The van der Waals surface area contributed by atoms with Crippen molar-refractivity contribution in [1.82, 2.24) is 4.90 Å². The predicted octanol–water partition coefficient (Wildman–Crippen LogP) is 5.59. The molecule has 0 aromatic carbocycles. The molecule has 0 heterocycles. The molecular formula is C19H34N2. The van der Waals surface area contributed by atoms with Crippen molar-refractivity contribution in [1.29, 1.82) is 0 Å². The first-order chi connectivity index (χ1) is 9.97. The zero-order valence-electron chi connectivity index (χ0n) is 14.9. The van der Waals surface area contributed by atoms with Gasteiger partial charge in [0.15, 0.2) is 0 Å². The van der Waals surface area contributed by atoms with Crippen LogP contribution in [0.1, 0.15) is 60.3 Å². The smallest absolute Gasteiger partial charge is 0.0889 e. The van der Waals surface area contributed by atoms with Gasteiger partial charge in [-0.1, -0.05) is 50.6 Å². The Morgan fingerprint density at radius 1 is 1.29 bits per heavy atom. The molecule has 2 nitrogen and oxygen atoms in total. The van der Waals surface area contributed by atoms with E-state index in [-0.39, 0.29) is 5.41 Å². The third kappa shape index (κ3) is 6.33. The standard InChI is InChI=1S/C19H34N2/c1-8-12-13-17(5)15-19(10-3,14-9-2)18(6)21(7)16-20-11-4/h8,12-13,16H,6,9-11,14-15H2,1-5,7H3/b12-8-,17-13+,20-16-. The summed E-state index contributed by atoms with van der Waals surface area (Å²) in [6.45, 7) is 16.0. The fourth-order valence-electron chi connectivity index (χ4n) is 2.82. The van der Waals surface area contributed by atoms with Gasteiger partial charge in [0.2, 0.25) is 0 Å². The monoisotopic (exact) mass is 290 g/mol. The average Bonchev–Trinajstić information content (AvgIpc) is 2.49. The van der Waals surface area contributed by atoms with Crippen molar-refractivity contribution in [3.05, 3.63) is 36.1 Å². The van der Waals surface area contributed by atoms with E-state index in [4.69, 9.17) is 0 Å². The maximum absolute atomic E-state index is 4.39. The first-order valence-electron chi connectivity index (χ1n) is 8.18. The van der Waals surface area contributed by atoms with Crippen molar-refractivity contribution < 1.29 is 0 Å². The number of rotatable bonds is 10. The molecule has 0 aliphatic carbocycles. The van der Waals surface area contributed by atoms with Crippen LogP contribution in [0.4, 0.5) is 0 Å². The molecule has 0 rings (SSSR count). The molecule has 0 aromatic rings. The Kier molecular flexibility index (Phi) is 9.77. The molecule has 0 aliphatic heterocycles. The largest absolute Gasteiger partial charge is 0.340 e. The molecule has 21 heavy (non-hydrogen) atoms. The summed E-state index contributed by atoms with van der Waals surface area (Å²) in [5.74, 6) is 0. The lowest BCUT2D eigenvalue weighted by Gasteiger charge is -2.38. The number of aliphatic imine (C=N–C) groups is 1. The summed E-state index contributed by atoms with van der Waals surface area (Å²) in [6.07, 6.45) is 12.8. The van der Waals surface area contributed by atoms with Crippen LogP contribution in [0.3, 0.4) is 0 Å². The molecule has 0 spiro atoms. The number of hydrogen-bond donors (Lipinski definition) is 0. The highest BCUT2D eigenvalue weighted by Gasteiger charge is 2.32. The molecule has 0 saturated carbocycles. The molecule has 0 radical (unpaired) electrons. The van der Waals surface area contributed by atoms with E-state index < -0.39 is 0 Å². The van der Waals surface area contributed by atoms with E-state index in [1.807, 2.05) is 6.34 Å². The highest BCUT2D eigenvalue weighted by atomic mass is 15.1. The molecule has 0 aliphatic rings. The molecule has 0 bridgehead atoms. The minimum atomic E-state index is 0.130. The Morgan fingerprint density at radius 2 is 1.95 bits per heavy atom. The minimum Gasteiger partial charge on any atom is -0.340 e. The number of nitrogens with zero attached hydrogens (tertiary/aromatic N) is 2. The Hall–Kier alpha value is -1.31. The highest BCUT2D eigenvalue weighted by molar-refractivity contribution is 5.58. The summed E-state index contributed by atoms with van der Waals surface area (Å²) in [5.41, 5.74) is 2.72. The fraction of sp³-hybridized carbons (Fsp3) is 0.632. The van der Waals surface area contributed by atoms with Crippen molar-refractivity contribution in [2.24, 2.45) is 10.4 Å². The van der Waals surface area contributed by atoms with Gasteiger partial charge in [0.05, 0.1) is 6.34 Å². The SMILES string of the molecule is C=C(N(C)/C=N\CC)C(CC)(CCC)C/C(C)=C/C=C\C. The van der Waals surface area contributed by atoms with Gasteiger partial charge >= 0.3 is 0 Å². The van der Waals surface area contributed by atoms with Gasteiger partial charge in [-0.2, -0.15) is 0 Å². The van der Waals surface area contributed by atoms with E-state index in [9.17, 15) is 0 Å². The Labute approximate surface area is 132 Å². The lowest BCUT2D eigenvalue weighted by molar-refractivity contribution is 0.261. The quantitative estimate of drug-likeness (QED) is 0.291. The lowest BCUT2D eigenvalue weighted by Crippen LogP contribution is -2.32. The van der Waals surface area contributed by atoms with Crippen LogP contribution in [0.5, 0.6) is 0 Å². The summed E-state index contributed by atoms with van der Waals surface area (Å²) < 4.78 is 0. The van der Waals surface area contributed by atoms with Crippen LogP contribution in [-0.4, -0.2) is 24.8 Å². The molecular weight excluding hydrogens is 256 g/mol. The van der Waals surface area contributed by atoms with Gasteiger partial charge in [-0.3, -0.25) is 4.99 Å². The van der Waals surface area contributed by atoms with E-state index in [0.29, 0.717) is 0 Å². The third-order valence-electron chi connectivity index (χ3n) is 4.07. The zero-order valence-corrected chi connectivity index (χ0v) is 14.9. The van der Waals surface area contributed by atoms with Crippen LogP contribution in [0.15, 0.2) is 41.1 Å². The van der Waals surface area contributed by atoms with Crippen LogP contribution in [0.2, 0.25) is 0 Å². The molecule has 1 unspecified atom stereocenters. The first kappa shape index (κ1) is 19.7. The molecule has 0 N–H and O–H groups in total. The van der Waals surface area contributed by atoms with Gasteiger partial charge in [0.1, 0.15) is 0 Å². The normalized spacial score (nSPS) is 15.6. The Morgan fingerprint density at radius 3 is 2.43 bits per heavy atom. The van der Waals surface area contributed by atoms with Crippen LogP contribution in [-0.2, 0) is 0 Å².